The Morgan fingerprint density at radius 2 is 1.27 bits per heavy atom. The molecule has 0 bridgehead atoms. The fraction of sp³-hybridized carbons (Fsp3) is 0.714. The Bertz CT molecular complexity index is 298. The fourth-order valence-electron chi connectivity index (χ4n) is 1.04. The second-order valence-electron chi connectivity index (χ2n) is 2.95. The van der Waals surface area contributed by atoms with Crippen LogP contribution in [0.1, 0.15) is 0 Å². The van der Waals surface area contributed by atoms with E-state index in [1.807, 2.05) is 0 Å². The van der Waals surface area contributed by atoms with E-state index >= 15 is 0 Å². The van der Waals surface area contributed by atoms with Gasteiger partial charge in [-0.3, -0.25) is 0 Å². The first-order valence-electron chi connectivity index (χ1n) is 3.60. The molecule has 88 valence electrons. The van der Waals surface area contributed by atoms with Gasteiger partial charge in [0.15, 0.2) is 0 Å². The van der Waals surface area contributed by atoms with Crippen LogP contribution in [0.25, 0.3) is 0 Å². The van der Waals surface area contributed by atoms with Crippen molar-refractivity contribution in [3.8, 4) is 0 Å². The lowest BCUT2D eigenvalue weighted by molar-refractivity contribution is -0.372. The van der Waals surface area contributed by atoms with E-state index < -0.39 is 35.8 Å². The van der Waals surface area contributed by atoms with Crippen molar-refractivity contribution >= 4 is 0 Å². The van der Waals surface area contributed by atoms with E-state index in [9.17, 15) is 30.7 Å². The molecule has 15 heavy (non-hydrogen) atoms. The molecule has 0 saturated heterocycles. The lowest BCUT2D eigenvalue weighted by atomic mass is 9.91. The smallest absolute Gasteiger partial charge is 0.341 e. The van der Waals surface area contributed by atoms with Crippen LogP contribution in [0.2, 0.25) is 0 Å². The average Bonchev–Trinajstić information content (AvgIpc) is 2.11. The third kappa shape index (κ3) is 1.27. The van der Waals surface area contributed by atoms with E-state index in [1.54, 1.807) is 0 Å². The van der Waals surface area contributed by atoms with E-state index in [0.29, 0.717) is 7.11 Å². The zero-order chi connectivity index (χ0) is 12.1. The van der Waals surface area contributed by atoms with Crippen molar-refractivity contribution in [1.29, 1.82) is 0 Å². The number of allylic oxidation sites excluding steroid dienone is 1. The van der Waals surface area contributed by atoms with Crippen molar-refractivity contribution in [1.82, 2.24) is 0 Å². The minimum Gasteiger partial charge on any atom is -0.341 e. The zero-order valence-electron chi connectivity index (χ0n) is 7.21. The number of rotatable bonds is 1. The van der Waals surface area contributed by atoms with Crippen molar-refractivity contribution in [3.05, 3.63) is 12.2 Å². The number of alkyl halides is 7. The highest BCUT2D eigenvalue weighted by Gasteiger charge is 2.81. The minimum atomic E-state index is -5.85. The molecule has 0 amide bonds. The molecule has 8 heteroatoms. The molecule has 0 saturated carbocycles. The van der Waals surface area contributed by atoms with Crippen LogP contribution in [0.15, 0.2) is 12.2 Å². The van der Waals surface area contributed by atoms with E-state index in [1.165, 1.54) is 0 Å². The summed E-state index contributed by atoms with van der Waals surface area (Å²) in [6.07, 6.45) is -1.04. The second-order valence-corrected chi connectivity index (χ2v) is 2.95. The van der Waals surface area contributed by atoms with Crippen LogP contribution in [0.3, 0.4) is 0 Å². The number of hydrogen-bond donors (Lipinski definition) is 0. The highest BCUT2D eigenvalue weighted by Crippen LogP contribution is 2.56. The van der Waals surface area contributed by atoms with E-state index in [-0.39, 0.29) is 0 Å². The number of ether oxygens (including phenoxy) is 1. The van der Waals surface area contributed by atoms with Gasteiger partial charge >= 0.3 is 17.8 Å². The third-order valence-electron chi connectivity index (χ3n) is 2.05. The molecular formula is C7H5F7O. The van der Waals surface area contributed by atoms with Gasteiger partial charge in [-0.05, 0) is 12.2 Å². The van der Waals surface area contributed by atoms with Gasteiger partial charge in [-0.15, -0.1) is 0 Å². The monoisotopic (exact) mass is 238 g/mol. The number of hydrogen-bond acceptors (Lipinski definition) is 1. The molecule has 1 rings (SSSR count). The maximum Gasteiger partial charge on any atom is 0.381 e. The van der Waals surface area contributed by atoms with Crippen LogP contribution in [0.4, 0.5) is 30.7 Å². The predicted molar refractivity (Wildman–Crippen MR) is 34.8 cm³/mol. The van der Waals surface area contributed by atoms with Crippen LogP contribution in [-0.2, 0) is 4.74 Å². The van der Waals surface area contributed by atoms with Crippen molar-refractivity contribution in [2.24, 2.45) is 0 Å². The van der Waals surface area contributed by atoms with Gasteiger partial charge in [0.1, 0.15) is 0 Å². The van der Waals surface area contributed by atoms with Gasteiger partial charge in [0.25, 0.3) is 5.85 Å². The summed E-state index contributed by atoms with van der Waals surface area (Å²) in [4.78, 5) is 0. The van der Waals surface area contributed by atoms with Gasteiger partial charge in [0.2, 0.25) is 0 Å². The molecule has 1 aliphatic rings. The molecule has 1 atom stereocenters. The Balaban J connectivity index is 3.37. The normalized spacial score (nSPS) is 36.5. The molecule has 0 aliphatic heterocycles. The van der Waals surface area contributed by atoms with Crippen molar-refractivity contribution in [2.75, 3.05) is 7.11 Å². The van der Waals surface area contributed by atoms with Gasteiger partial charge in [0.05, 0.1) is 0 Å². The lowest BCUT2D eigenvalue weighted by Crippen LogP contribution is -2.65. The minimum absolute atomic E-state index is 0.373. The summed E-state index contributed by atoms with van der Waals surface area (Å²) in [6, 6.07) is 0. The average molecular weight is 238 g/mol. The fourth-order valence-corrected chi connectivity index (χ4v) is 1.04. The second kappa shape index (κ2) is 2.87. The summed E-state index contributed by atoms with van der Waals surface area (Å²) in [5.74, 6) is -20.9. The Hall–Kier alpha value is -0.790. The summed E-state index contributed by atoms with van der Waals surface area (Å²) >= 11 is 0. The van der Waals surface area contributed by atoms with Crippen LogP contribution in [0, 0.1) is 0 Å². The van der Waals surface area contributed by atoms with Crippen LogP contribution in [-0.4, -0.2) is 30.7 Å². The zero-order valence-corrected chi connectivity index (χ0v) is 7.21. The highest BCUT2D eigenvalue weighted by atomic mass is 19.3. The van der Waals surface area contributed by atoms with Crippen molar-refractivity contribution in [3.63, 3.8) is 0 Å². The van der Waals surface area contributed by atoms with Gasteiger partial charge in [-0.25, -0.2) is 4.39 Å². The molecule has 1 aliphatic carbocycles. The maximum absolute atomic E-state index is 13.0. The SMILES string of the molecule is COC1(F)C=CC(F)(F)C(F)(F)C1(F)F. The first-order chi connectivity index (χ1) is 6.52. The largest absolute Gasteiger partial charge is 0.381 e. The third-order valence-corrected chi connectivity index (χ3v) is 2.05. The first kappa shape index (κ1) is 12.3. The van der Waals surface area contributed by atoms with E-state index in [0.717, 1.165) is 0 Å². The lowest BCUT2D eigenvalue weighted by Gasteiger charge is -2.40. The highest BCUT2D eigenvalue weighted by molar-refractivity contribution is 5.23. The quantitative estimate of drug-likeness (QED) is 0.504. The first-order valence-corrected chi connectivity index (χ1v) is 3.60. The molecule has 1 unspecified atom stereocenters. The molecule has 0 radical (unpaired) electrons. The molecule has 0 heterocycles. The van der Waals surface area contributed by atoms with Gasteiger partial charge in [-0.1, -0.05) is 0 Å². The van der Waals surface area contributed by atoms with E-state index in [4.69, 9.17) is 0 Å². The standard InChI is InChI=1S/C7H5F7O/c1-15-5(10)3-2-4(8,9)6(11,12)7(5,13)14/h2-3H,1H3. The summed E-state index contributed by atoms with van der Waals surface area (Å²) in [6.45, 7) is 0. The Morgan fingerprint density at radius 1 is 0.800 bits per heavy atom. The molecule has 0 N–H and O–H groups in total. The summed E-state index contributed by atoms with van der Waals surface area (Å²) in [5.41, 5.74) is 0. The number of halogens is 7. The van der Waals surface area contributed by atoms with Crippen LogP contribution < -0.4 is 0 Å². The molecule has 0 aromatic carbocycles. The Kier molecular flexibility index (Phi) is 2.35. The van der Waals surface area contributed by atoms with Gasteiger partial charge in [0, 0.05) is 7.11 Å². The predicted octanol–water partition coefficient (Wildman–Crippen LogP) is 2.77. The maximum atomic E-state index is 13.0. The molecule has 0 aromatic heterocycles. The summed E-state index contributed by atoms with van der Waals surface area (Å²) in [7, 11) is 0.373. The van der Waals surface area contributed by atoms with Gasteiger partial charge in [-0.2, -0.15) is 26.3 Å². The molecule has 0 fully saturated rings. The Morgan fingerprint density at radius 3 is 1.67 bits per heavy atom. The topological polar surface area (TPSA) is 9.23 Å². The van der Waals surface area contributed by atoms with Gasteiger partial charge < -0.3 is 4.74 Å². The molecule has 1 nitrogen and oxygen atoms in total. The van der Waals surface area contributed by atoms with Crippen LogP contribution >= 0.6 is 0 Å². The summed E-state index contributed by atoms with van der Waals surface area (Å²) < 4.78 is 92.0. The number of methoxy groups -OCH3 is 1. The Labute approximate surface area is 79.5 Å². The summed E-state index contributed by atoms with van der Waals surface area (Å²) in [5, 5.41) is 0. The van der Waals surface area contributed by atoms with E-state index in [2.05, 4.69) is 4.74 Å². The molecular weight excluding hydrogens is 233 g/mol. The van der Waals surface area contributed by atoms with Crippen LogP contribution in [0.5, 0.6) is 0 Å². The molecule has 0 aromatic rings. The van der Waals surface area contributed by atoms with Crippen molar-refractivity contribution < 1.29 is 35.5 Å². The molecule has 0 spiro atoms. The van der Waals surface area contributed by atoms with Crippen molar-refractivity contribution in [2.45, 2.75) is 23.6 Å².